The Balaban J connectivity index is 1.54. The Hall–Kier alpha value is -2.24. The first-order valence-corrected chi connectivity index (χ1v) is 10.6. The second-order valence-electron chi connectivity index (χ2n) is 8.14. The predicted molar refractivity (Wildman–Crippen MR) is 108 cm³/mol. The van der Waals surface area contributed by atoms with Crippen LogP contribution in [0.3, 0.4) is 0 Å². The second kappa shape index (κ2) is 10.1. The molecule has 0 radical (unpaired) electrons. The van der Waals surface area contributed by atoms with E-state index in [0.717, 1.165) is 5.56 Å². The van der Waals surface area contributed by atoms with E-state index in [-0.39, 0.29) is 19.1 Å². The molecule has 2 bridgehead atoms. The summed E-state index contributed by atoms with van der Waals surface area (Å²) in [6, 6.07) is 8.71. The smallest absolute Gasteiger partial charge is 0.303 e. The minimum absolute atomic E-state index is 0.0619. The zero-order chi connectivity index (χ0) is 22.7. The van der Waals surface area contributed by atoms with E-state index in [1.54, 1.807) is 0 Å². The van der Waals surface area contributed by atoms with Gasteiger partial charge in [-0.2, -0.15) is 0 Å². The fourth-order valence-corrected chi connectivity index (χ4v) is 4.20. The molecule has 0 saturated carbocycles. The Bertz CT molecular complexity index is 836. The van der Waals surface area contributed by atoms with Crippen LogP contribution in [0.5, 0.6) is 0 Å². The molecule has 1 aromatic rings. The minimum atomic E-state index is -0.921. The van der Waals surface area contributed by atoms with Crippen LogP contribution in [0.2, 0.25) is 0 Å². The molecule has 3 fully saturated rings. The zero-order valence-electron chi connectivity index (χ0n) is 17.9. The Morgan fingerprint density at radius 3 is 2.72 bits per heavy atom. The number of azide groups is 1. The number of esters is 1. The second-order valence-corrected chi connectivity index (χ2v) is 8.14. The number of benzene rings is 1. The predicted octanol–water partition coefficient (Wildman–Crippen LogP) is 1.68. The van der Waals surface area contributed by atoms with Gasteiger partial charge in [0.1, 0.15) is 30.5 Å². The summed E-state index contributed by atoms with van der Waals surface area (Å²) in [4.78, 5) is 14.6. The quantitative estimate of drug-likeness (QED) is 0.287. The maximum atomic E-state index is 11.8. The highest BCUT2D eigenvalue weighted by Crippen LogP contribution is 2.36. The highest BCUT2D eigenvalue weighted by atomic mass is 16.8. The van der Waals surface area contributed by atoms with Crippen molar-refractivity contribution in [3.05, 3.63) is 46.3 Å². The number of aliphatic hydroxyl groups excluding tert-OH is 1. The molecule has 1 aromatic carbocycles. The van der Waals surface area contributed by atoms with E-state index in [2.05, 4.69) is 10.0 Å². The third-order valence-electron chi connectivity index (χ3n) is 5.93. The molecule has 174 valence electrons. The van der Waals surface area contributed by atoms with E-state index < -0.39 is 55.1 Å². The van der Waals surface area contributed by atoms with E-state index in [1.165, 1.54) is 6.92 Å². The molecule has 11 heteroatoms. The molecule has 3 saturated heterocycles. The van der Waals surface area contributed by atoms with Gasteiger partial charge in [0.25, 0.3) is 0 Å². The Morgan fingerprint density at radius 2 is 2.00 bits per heavy atom. The topological polar surface area (TPSA) is 141 Å². The van der Waals surface area contributed by atoms with Crippen molar-refractivity contribution < 1.29 is 38.3 Å². The van der Waals surface area contributed by atoms with Crippen LogP contribution < -0.4 is 0 Å². The Kier molecular flexibility index (Phi) is 7.27. The molecular formula is C21H27N3O8. The fourth-order valence-electron chi connectivity index (χ4n) is 4.20. The van der Waals surface area contributed by atoms with Gasteiger partial charge in [-0.1, -0.05) is 42.4 Å². The zero-order valence-corrected chi connectivity index (χ0v) is 17.9. The first kappa shape index (κ1) is 22.9. The number of carbonyl (C=O) groups excluding carboxylic acids is 1. The average molecular weight is 449 g/mol. The van der Waals surface area contributed by atoms with Crippen molar-refractivity contribution in [2.45, 2.75) is 69.6 Å². The molecule has 0 aliphatic carbocycles. The first-order valence-electron chi connectivity index (χ1n) is 10.6. The van der Waals surface area contributed by atoms with Crippen LogP contribution in [-0.4, -0.2) is 73.4 Å². The standard InChI is InChI=1S/C21H27N3O8/c1-11-14(26)9-28-21(17(11)27-8-13-6-4-3-5-7-13)32-18-15-10-29-20(31-15)16(23-24-22)19(18)30-12(2)25/h3-7,11,14-21,26H,8-10H2,1-2H3/t11-,14+,15+,16-,17?,18+,19?,20?,21-/m0/s1. The number of ether oxygens (including phenoxy) is 6. The van der Waals surface area contributed by atoms with Gasteiger partial charge in [-0.15, -0.1) is 0 Å². The SMILES string of the molecule is CC(=O)OC1[C@H](N=[N+]=[N-])C2OC[C@@H](O2)[C@H]1O[C@@H]1OC[C@@H](O)[C@H](C)C1OCc1ccccc1. The normalized spacial score (nSPS) is 38.7. The summed E-state index contributed by atoms with van der Waals surface area (Å²) in [7, 11) is 0. The van der Waals surface area contributed by atoms with Gasteiger partial charge in [-0.05, 0) is 11.1 Å². The molecule has 3 unspecified atom stereocenters. The third kappa shape index (κ3) is 4.89. The molecule has 3 heterocycles. The number of carbonyl (C=O) groups is 1. The molecule has 3 aliphatic rings. The molecule has 0 aromatic heterocycles. The number of hydrogen-bond donors (Lipinski definition) is 1. The summed E-state index contributed by atoms with van der Waals surface area (Å²) in [5, 5.41) is 14.1. The van der Waals surface area contributed by atoms with E-state index in [0.29, 0.717) is 6.61 Å². The molecular weight excluding hydrogens is 422 g/mol. The number of fused-ring (bicyclic) bond motifs is 2. The Labute approximate surface area is 185 Å². The van der Waals surface area contributed by atoms with E-state index >= 15 is 0 Å². The van der Waals surface area contributed by atoms with Gasteiger partial charge < -0.3 is 33.5 Å². The lowest BCUT2D eigenvalue weighted by Crippen LogP contribution is -2.59. The summed E-state index contributed by atoms with van der Waals surface area (Å²) in [5.41, 5.74) is 9.95. The van der Waals surface area contributed by atoms with E-state index in [4.69, 9.17) is 34.0 Å². The summed E-state index contributed by atoms with van der Waals surface area (Å²) >= 11 is 0. The average Bonchev–Trinajstić information content (AvgIpc) is 3.22. The maximum absolute atomic E-state index is 11.8. The van der Waals surface area contributed by atoms with Crippen LogP contribution in [-0.2, 0) is 39.8 Å². The first-order chi connectivity index (χ1) is 15.5. The molecule has 32 heavy (non-hydrogen) atoms. The molecule has 3 aliphatic heterocycles. The van der Waals surface area contributed by atoms with Gasteiger partial charge in [0, 0.05) is 17.8 Å². The van der Waals surface area contributed by atoms with Gasteiger partial charge >= 0.3 is 5.97 Å². The van der Waals surface area contributed by atoms with Gasteiger partial charge in [-0.25, -0.2) is 0 Å². The minimum Gasteiger partial charge on any atom is -0.459 e. The lowest BCUT2D eigenvalue weighted by molar-refractivity contribution is -0.309. The number of hydrogen-bond acceptors (Lipinski definition) is 9. The maximum Gasteiger partial charge on any atom is 0.303 e. The summed E-state index contributed by atoms with van der Waals surface area (Å²) in [6.07, 6.45) is -5.30. The van der Waals surface area contributed by atoms with Crippen molar-refractivity contribution in [3.8, 4) is 0 Å². The van der Waals surface area contributed by atoms with Crippen LogP contribution >= 0.6 is 0 Å². The number of nitrogens with zero attached hydrogens (tertiary/aromatic N) is 3. The molecule has 4 rings (SSSR count). The van der Waals surface area contributed by atoms with Crippen molar-refractivity contribution in [3.63, 3.8) is 0 Å². The van der Waals surface area contributed by atoms with Crippen LogP contribution in [0, 0.1) is 5.92 Å². The van der Waals surface area contributed by atoms with Crippen molar-refractivity contribution >= 4 is 5.97 Å². The molecule has 11 nitrogen and oxygen atoms in total. The third-order valence-corrected chi connectivity index (χ3v) is 5.93. The van der Waals surface area contributed by atoms with E-state index in [1.807, 2.05) is 37.3 Å². The lowest BCUT2D eigenvalue weighted by Gasteiger charge is -2.44. The van der Waals surface area contributed by atoms with Crippen molar-refractivity contribution in [1.82, 2.24) is 0 Å². The van der Waals surface area contributed by atoms with Crippen molar-refractivity contribution in [1.29, 1.82) is 0 Å². The van der Waals surface area contributed by atoms with Crippen molar-refractivity contribution in [2.24, 2.45) is 11.0 Å². The largest absolute Gasteiger partial charge is 0.459 e. The molecule has 0 spiro atoms. The van der Waals surface area contributed by atoms with Crippen LogP contribution in [0.4, 0.5) is 0 Å². The highest BCUT2D eigenvalue weighted by Gasteiger charge is 2.54. The number of aliphatic hydroxyl groups is 1. The van der Waals surface area contributed by atoms with E-state index in [9.17, 15) is 9.90 Å². The van der Waals surface area contributed by atoms with Crippen LogP contribution in [0.15, 0.2) is 35.4 Å². The van der Waals surface area contributed by atoms with Gasteiger partial charge in [-0.3, -0.25) is 4.79 Å². The Morgan fingerprint density at radius 1 is 1.22 bits per heavy atom. The lowest BCUT2D eigenvalue weighted by atomic mass is 9.94. The molecule has 9 atom stereocenters. The van der Waals surface area contributed by atoms with Crippen molar-refractivity contribution in [2.75, 3.05) is 13.2 Å². The van der Waals surface area contributed by atoms with Crippen LogP contribution in [0.1, 0.15) is 19.4 Å². The fraction of sp³-hybridized carbons (Fsp3) is 0.667. The van der Waals surface area contributed by atoms with Gasteiger partial charge in [0.05, 0.1) is 25.9 Å². The summed E-state index contributed by atoms with van der Waals surface area (Å²) < 4.78 is 35.0. The molecule has 0 amide bonds. The van der Waals surface area contributed by atoms with Gasteiger partial charge in [0.15, 0.2) is 12.6 Å². The highest BCUT2D eigenvalue weighted by molar-refractivity contribution is 5.66. The van der Waals surface area contributed by atoms with Crippen LogP contribution in [0.25, 0.3) is 10.4 Å². The summed E-state index contributed by atoms with van der Waals surface area (Å²) in [6.45, 7) is 3.68. The molecule has 1 N–H and O–H groups in total. The summed E-state index contributed by atoms with van der Waals surface area (Å²) in [5.74, 6) is -0.831. The number of rotatable bonds is 7. The van der Waals surface area contributed by atoms with Gasteiger partial charge in [0.2, 0.25) is 0 Å². The monoisotopic (exact) mass is 449 g/mol.